The van der Waals surface area contributed by atoms with Crippen LogP contribution in [0.25, 0.3) is 0 Å². The monoisotopic (exact) mass is 729 g/mol. The van der Waals surface area contributed by atoms with Crippen molar-refractivity contribution in [3.63, 3.8) is 0 Å². The maximum absolute atomic E-state index is 12.7. The molecule has 1 aliphatic heterocycles. The van der Waals surface area contributed by atoms with Crippen molar-refractivity contribution in [2.24, 2.45) is 0 Å². The molecule has 10 heteroatoms. The van der Waals surface area contributed by atoms with E-state index in [0.29, 0.717) is 6.42 Å². The Balaban J connectivity index is 2.36. The van der Waals surface area contributed by atoms with Gasteiger partial charge in [-0.3, -0.25) is 9.59 Å². The molecule has 51 heavy (non-hydrogen) atoms. The number of carbonyl (C=O) groups is 2. The normalized spacial score (nSPS) is 21.3. The smallest absolute Gasteiger partial charge is 0.306 e. The van der Waals surface area contributed by atoms with E-state index in [1.807, 2.05) is 0 Å². The molecule has 1 heterocycles. The molecule has 0 spiro atoms. The Labute approximate surface area is 310 Å². The van der Waals surface area contributed by atoms with Crippen LogP contribution >= 0.6 is 0 Å². The van der Waals surface area contributed by atoms with Gasteiger partial charge in [-0.2, -0.15) is 0 Å². The zero-order chi connectivity index (χ0) is 37.4. The van der Waals surface area contributed by atoms with Crippen LogP contribution in [0.5, 0.6) is 0 Å². The van der Waals surface area contributed by atoms with Crippen LogP contribution in [0.15, 0.2) is 12.2 Å². The summed E-state index contributed by atoms with van der Waals surface area (Å²) in [4.78, 5) is 25.2. The van der Waals surface area contributed by atoms with Gasteiger partial charge < -0.3 is 39.4 Å². The van der Waals surface area contributed by atoms with Crippen molar-refractivity contribution in [1.29, 1.82) is 0 Å². The molecule has 1 aliphatic rings. The molecule has 0 radical (unpaired) electrons. The first-order chi connectivity index (χ1) is 24.8. The Morgan fingerprint density at radius 1 is 0.588 bits per heavy atom. The molecule has 0 saturated carbocycles. The van der Waals surface area contributed by atoms with Crippen LogP contribution in [0.2, 0.25) is 0 Å². The number of aliphatic hydroxyl groups is 4. The van der Waals surface area contributed by atoms with Gasteiger partial charge in [0.05, 0.1) is 13.2 Å². The third-order valence-corrected chi connectivity index (χ3v) is 9.65. The first-order valence-electron chi connectivity index (χ1n) is 20.8. The summed E-state index contributed by atoms with van der Waals surface area (Å²) in [7, 11) is 0. The standard InChI is InChI=1S/C41H76O10/c1-3-5-7-9-11-13-15-16-17-18-20-21-23-25-27-29-36(43)48-32-34(33-49-41-40(47)39(46)38(45)35(31-42)51-41)50-37(44)30-28-26-24-22-19-14-12-10-8-6-4-2/h16-17,34-35,38-42,45-47H,3-15,18-33H2,1-2H3/b17-16-/t34-,35-,38+,39+,40-,41-/m1/s1. The molecule has 6 atom stereocenters. The first-order valence-corrected chi connectivity index (χ1v) is 20.8. The summed E-state index contributed by atoms with van der Waals surface area (Å²) in [5, 5.41) is 39.9. The van der Waals surface area contributed by atoms with Gasteiger partial charge in [0.15, 0.2) is 12.4 Å². The van der Waals surface area contributed by atoms with E-state index < -0.39 is 49.4 Å². The molecule has 0 aromatic carbocycles. The SMILES string of the molecule is CCCCCCCC/C=C\CCCCCCCC(=O)OC[C@H](CO[C@@H]1O[C@H](CO)[C@H](O)[C@H](O)[C@H]1O)OC(=O)CCCCCCCCCCCCC. The summed E-state index contributed by atoms with van der Waals surface area (Å²) in [6, 6.07) is 0. The van der Waals surface area contributed by atoms with Crippen molar-refractivity contribution >= 4 is 11.9 Å². The fourth-order valence-electron chi connectivity index (χ4n) is 6.30. The molecule has 300 valence electrons. The van der Waals surface area contributed by atoms with Crippen LogP contribution in [0.3, 0.4) is 0 Å². The van der Waals surface area contributed by atoms with Gasteiger partial charge >= 0.3 is 11.9 Å². The highest BCUT2D eigenvalue weighted by molar-refractivity contribution is 5.70. The minimum absolute atomic E-state index is 0.217. The molecule has 0 aromatic rings. The Morgan fingerprint density at radius 2 is 1.04 bits per heavy atom. The number of ether oxygens (including phenoxy) is 4. The second-order valence-corrected chi connectivity index (χ2v) is 14.4. The lowest BCUT2D eigenvalue weighted by atomic mass is 9.99. The predicted molar refractivity (Wildman–Crippen MR) is 201 cm³/mol. The second kappa shape index (κ2) is 33.0. The highest BCUT2D eigenvalue weighted by atomic mass is 16.7. The largest absolute Gasteiger partial charge is 0.462 e. The van der Waals surface area contributed by atoms with E-state index >= 15 is 0 Å². The molecule has 4 N–H and O–H groups in total. The van der Waals surface area contributed by atoms with Crippen LogP contribution in [0.1, 0.15) is 181 Å². The van der Waals surface area contributed by atoms with Crippen molar-refractivity contribution in [3.8, 4) is 0 Å². The van der Waals surface area contributed by atoms with Crippen LogP contribution < -0.4 is 0 Å². The van der Waals surface area contributed by atoms with Gasteiger partial charge in [-0.25, -0.2) is 0 Å². The van der Waals surface area contributed by atoms with E-state index in [2.05, 4.69) is 26.0 Å². The zero-order valence-corrected chi connectivity index (χ0v) is 32.4. The van der Waals surface area contributed by atoms with Crippen molar-refractivity contribution < 1.29 is 49.0 Å². The average molecular weight is 729 g/mol. The Kier molecular flexibility index (Phi) is 30.7. The summed E-state index contributed by atoms with van der Waals surface area (Å²) in [5.74, 6) is -0.812. The fraction of sp³-hybridized carbons (Fsp3) is 0.902. The maximum atomic E-state index is 12.7. The second-order valence-electron chi connectivity index (χ2n) is 14.4. The predicted octanol–water partition coefficient (Wildman–Crippen LogP) is 8.00. The molecular formula is C41H76O10. The molecule has 0 unspecified atom stereocenters. The van der Waals surface area contributed by atoms with Gasteiger partial charge in [0.2, 0.25) is 0 Å². The quantitative estimate of drug-likeness (QED) is 0.0291. The van der Waals surface area contributed by atoms with E-state index in [4.69, 9.17) is 18.9 Å². The van der Waals surface area contributed by atoms with Gasteiger partial charge in [-0.1, -0.05) is 142 Å². The van der Waals surface area contributed by atoms with Gasteiger partial charge in [-0.05, 0) is 38.5 Å². The fourth-order valence-corrected chi connectivity index (χ4v) is 6.30. The topological polar surface area (TPSA) is 152 Å². The Hall–Kier alpha value is -1.56. The number of aliphatic hydroxyl groups excluding tert-OH is 4. The van der Waals surface area contributed by atoms with Crippen molar-refractivity contribution in [3.05, 3.63) is 12.2 Å². The van der Waals surface area contributed by atoms with Gasteiger partial charge in [0.1, 0.15) is 31.0 Å². The number of rotatable bonds is 34. The van der Waals surface area contributed by atoms with Crippen molar-refractivity contribution in [1.82, 2.24) is 0 Å². The number of allylic oxidation sites excluding steroid dienone is 2. The van der Waals surface area contributed by atoms with E-state index in [9.17, 15) is 30.0 Å². The van der Waals surface area contributed by atoms with Gasteiger partial charge in [-0.15, -0.1) is 0 Å². The average Bonchev–Trinajstić information content (AvgIpc) is 3.13. The van der Waals surface area contributed by atoms with E-state index in [0.717, 1.165) is 57.8 Å². The van der Waals surface area contributed by atoms with Gasteiger partial charge in [0, 0.05) is 12.8 Å². The number of carbonyl (C=O) groups excluding carboxylic acids is 2. The lowest BCUT2D eigenvalue weighted by Gasteiger charge is -2.39. The highest BCUT2D eigenvalue weighted by Crippen LogP contribution is 2.22. The maximum Gasteiger partial charge on any atom is 0.306 e. The molecule has 0 aromatic heterocycles. The molecule has 1 saturated heterocycles. The lowest BCUT2D eigenvalue weighted by Crippen LogP contribution is -2.59. The Morgan fingerprint density at radius 3 is 1.53 bits per heavy atom. The highest BCUT2D eigenvalue weighted by Gasteiger charge is 2.44. The van der Waals surface area contributed by atoms with Crippen molar-refractivity contribution in [2.75, 3.05) is 19.8 Å². The zero-order valence-electron chi connectivity index (χ0n) is 32.4. The molecular weight excluding hydrogens is 652 g/mol. The molecule has 10 nitrogen and oxygen atoms in total. The molecule has 0 amide bonds. The molecule has 0 aliphatic carbocycles. The Bertz CT molecular complexity index is 850. The van der Waals surface area contributed by atoms with E-state index in [1.54, 1.807) is 0 Å². The minimum Gasteiger partial charge on any atom is -0.462 e. The molecule has 1 fully saturated rings. The summed E-state index contributed by atoms with van der Waals surface area (Å²) >= 11 is 0. The summed E-state index contributed by atoms with van der Waals surface area (Å²) in [6.45, 7) is 3.40. The molecule has 0 bridgehead atoms. The first kappa shape index (κ1) is 47.5. The third kappa shape index (κ3) is 25.2. The van der Waals surface area contributed by atoms with E-state index in [1.165, 1.54) is 89.9 Å². The van der Waals surface area contributed by atoms with Crippen LogP contribution in [0.4, 0.5) is 0 Å². The summed E-state index contributed by atoms with van der Waals surface area (Å²) in [6.07, 6.45) is 25.1. The summed E-state index contributed by atoms with van der Waals surface area (Å²) in [5.41, 5.74) is 0. The van der Waals surface area contributed by atoms with Crippen LogP contribution in [0, 0.1) is 0 Å². The summed E-state index contributed by atoms with van der Waals surface area (Å²) < 4.78 is 22.1. The number of unbranched alkanes of at least 4 members (excludes halogenated alkanes) is 21. The van der Waals surface area contributed by atoms with Gasteiger partial charge in [0.25, 0.3) is 0 Å². The number of hydrogen-bond donors (Lipinski definition) is 4. The number of hydrogen-bond acceptors (Lipinski definition) is 10. The third-order valence-electron chi connectivity index (χ3n) is 9.65. The lowest BCUT2D eigenvalue weighted by molar-refractivity contribution is -0.305. The van der Waals surface area contributed by atoms with Crippen LogP contribution in [-0.4, -0.2) is 89.0 Å². The minimum atomic E-state index is -1.59. The van der Waals surface area contributed by atoms with E-state index in [-0.39, 0.29) is 32.0 Å². The van der Waals surface area contributed by atoms with Crippen molar-refractivity contribution in [2.45, 2.75) is 218 Å². The van der Waals surface area contributed by atoms with Crippen LogP contribution in [-0.2, 0) is 28.5 Å². The molecule has 1 rings (SSSR count). The number of esters is 2.